The van der Waals surface area contributed by atoms with Gasteiger partial charge in [-0.25, -0.2) is 0 Å². The standard InChI is InChI=1S/C10H22O4/c1-9(14-5)10(6-11-2,7-12-3)8-13-4/h9H,6-8H2,1-5H3. The quantitative estimate of drug-likeness (QED) is 0.592. The van der Waals surface area contributed by atoms with Gasteiger partial charge in [0, 0.05) is 28.4 Å². The maximum atomic E-state index is 5.33. The molecule has 1 unspecified atom stereocenters. The van der Waals surface area contributed by atoms with E-state index in [0.29, 0.717) is 19.8 Å². The lowest BCUT2D eigenvalue weighted by atomic mass is 9.85. The first-order chi connectivity index (χ1) is 6.66. The normalized spacial score (nSPS) is 14.4. The van der Waals surface area contributed by atoms with Crippen LogP contribution < -0.4 is 0 Å². The van der Waals surface area contributed by atoms with Crippen molar-refractivity contribution in [1.29, 1.82) is 0 Å². The Morgan fingerprint density at radius 3 is 1.43 bits per heavy atom. The van der Waals surface area contributed by atoms with Gasteiger partial charge in [0.25, 0.3) is 0 Å². The lowest BCUT2D eigenvalue weighted by Gasteiger charge is -2.36. The highest BCUT2D eigenvalue weighted by Crippen LogP contribution is 2.25. The highest BCUT2D eigenvalue weighted by Gasteiger charge is 2.37. The molecule has 0 N–H and O–H groups in total. The van der Waals surface area contributed by atoms with Crippen LogP contribution in [0.15, 0.2) is 0 Å². The van der Waals surface area contributed by atoms with Crippen LogP contribution in [0.1, 0.15) is 6.92 Å². The molecule has 4 heteroatoms. The average molecular weight is 206 g/mol. The van der Waals surface area contributed by atoms with E-state index in [1.54, 1.807) is 28.4 Å². The molecule has 0 aliphatic heterocycles. The van der Waals surface area contributed by atoms with Gasteiger partial charge in [0.05, 0.1) is 31.3 Å². The van der Waals surface area contributed by atoms with Gasteiger partial charge in [-0.3, -0.25) is 0 Å². The Labute approximate surface area is 86.5 Å². The number of rotatable bonds is 8. The van der Waals surface area contributed by atoms with Crippen LogP contribution in [0.4, 0.5) is 0 Å². The third-order valence-electron chi connectivity index (χ3n) is 2.51. The largest absolute Gasteiger partial charge is 0.384 e. The summed E-state index contributed by atoms with van der Waals surface area (Å²) in [6.45, 7) is 3.67. The van der Waals surface area contributed by atoms with E-state index >= 15 is 0 Å². The molecule has 0 aliphatic carbocycles. The average Bonchev–Trinajstić information content (AvgIpc) is 2.17. The van der Waals surface area contributed by atoms with E-state index in [9.17, 15) is 0 Å². The van der Waals surface area contributed by atoms with Gasteiger partial charge in [-0.2, -0.15) is 0 Å². The molecule has 0 saturated carbocycles. The topological polar surface area (TPSA) is 36.9 Å². The number of hydrogen-bond acceptors (Lipinski definition) is 4. The minimum Gasteiger partial charge on any atom is -0.384 e. The van der Waals surface area contributed by atoms with E-state index in [-0.39, 0.29) is 11.5 Å². The second-order valence-corrected chi connectivity index (χ2v) is 3.54. The van der Waals surface area contributed by atoms with Gasteiger partial charge in [0.2, 0.25) is 0 Å². The number of ether oxygens (including phenoxy) is 4. The Kier molecular flexibility index (Phi) is 7.09. The zero-order valence-corrected chi connectivity index (χ0v) is 9.83. The van der Waals surface area contributed by atoms with Crippen molar-refractivity contribution in [2.24, 2.45) is 5.41 Å². The first kappa shape index (κ1) is 13.8. The van der Waals surface area contributed by atoms with E-state index in [0.717, 1.165) is 0 Å². The fourth-order valence-corrected chi connectivity index (χ4v) is 1.59. The molecule has 0 aromatic rings. The van der Waals surface area contributed by atoms with Gasteiger partial charge < -0.3 is 18.9 Å². The fourth-order valence-electron chi connectivity index (χ4n) is 1.59. The highest BCUT2D eigenvalue weighted by atomic mass is 16.5. The van der Waals surface area contributed by atoms with Gasteiger partial charge in [-0.1, -0.05) is 0 Å². The SMILES string of the molecule is COCC(COC)(COC)C(C)OC. The molecule has 86 valence electrons. The fraction of sp³-hybridized carbons (Fsp3) is 1.00. The van der Waals surface area contributed by atoms with Crippen LogP contribution in [0, 0.1) is 5.41 Å². The summed E-state index contributed by atoms with van der Waals surface area (Å²) < 4.78 is 20.9. The first-order valence-electron chi connectivity index (χ1n) is 4.66. The summed E-state index contributed by atoms with van der Waals surface area (Å²) in [7, 11) is 6.69. The zero-order valence-electron chi connectivity index (χ0n) is 9.83. The highest BCUT2D eigenvalue weighted by molar-refractivity contribution is 4.85. The smallest absolute Gasteiger partial charge is 0.0666 e. The molecule has 0 spiro atoms. The predicted octanol–water partition coefficient (Wildman–Crippen LogP) is 0.947. The van der Waals surface area contributed by atoms with Gasteiger partial charge >= 0.3 is 0 Å². The monoisotopic (exact) mass is 206 g/mol. The molecule has 0 aliphatic rings. The summed E-state index contributed by atoms with van der Waals surface area (Å²) in [5, 5.41) is 0. The maximum Gasteiger partial charge on any atom is 0.0666 e. The van der Waals surface area contributed by atoms with Gasteiger partial charge in [0.15, 0.2) is 0 Å². The molecule has 0 aromatic carbocycles. The Balaban J connectivity index is 4.53. The van der Waals surface area contributed by atoms with Gasteiger partial charge in [-0.15, -0.1) is 0 Å². The van der Waals surface area contributed by atoms with Crippen molar-refractivity contribution in [3.63, 3.8) is 0 Å². The maximum absolute atomic E-state index is 5.33. The summed E-state index contributed by atoms with van der Waals surface area (Å²) in [5.41, 5.74) is -0.229. The van der Waals surface area contributed by atoms with E-state index in [1.807, 2.05) is 6.92 Å². The molecule has 4 nitrogen and oxygen atoms in total. The first-order valence-corrected chi connectivity index (χ1v) is 4.66. The Morgan fingerprint density at radius 2 is 1.21 bits per heavy atom. The number of hydrogen-bond donors (Lipinski definition) is 0. The van der Waals surface area contributed by atoms with E-state index in [4.69, 9.17) is 18.9 Å². The summed E-state index contributed by atoms with van der Waals surface area (Å²) in [5.74, 6) is 0. The minimum absolute atomic E-state index is 0.0300. The molecule has 0 radical (unpaired) electrons. The number of methoxy groups -OCH3 is 4. The van der Waals surface area contributed by atoms with E-state index in [2.05, 4.69) is 0 Å². The van der Waals surface area contributed by atoms with Crippen LogP contribution >= 0.6 is 0 Å². The Bertz CT molecular complexity index is 121. The third-order valence-corrected chi connectivity index (χ3v) is 2.51. The molecule has 0 heterocycles. The van der Waals surface area contributed by atoms with Crippen molar-refractivity contribution >= 4 is 0 Å². The second kappa shape index (κ2) is 7.17. The predicted molar refractivity (Wildman–Crippen MR) is 54.5 cm³/mol. The van der Waals surface area contributed by atoms with Gasteiger partial charge in [-0.05, 0) is 6.92 Å². The molecule has 0 aromatic heterocycles. The Hall–Kier alpha value is -0.160. The molecule has 0 bridgehead atoms. The van der Waals surface area contributed by atoms with Crippen LogP contribution in [0.5, 0.6) is 0 Å². The molecule has 0 amide bonds. The van der Waals surface area contributed by atoms with E-state index in [1.165, 1.54) is 0 Å². The molecular formula is C10H22O4. The van der Waals surface area contributed by atoms with E-state index < -0.39 is 0 Å². The van der Waals surface area contributed by atoms with Crippen molar-refractivity contribution in [2.75, 3.05) is 48.3 Å². The Morgan fingerprint density at radius 1 is 0.857 bits per heavy atom. The van der Waals surface area contributed by atoms with Crippen LogP contribution in [-0.4, -0.2) is 54.4 Å². The van der Waals surface area contributed by atoms with Gasteiger partial charge in [0.1, 0.15) is 0 Å². The summed E-state index contributed by atoms with van der Waals surface area (Å²) in [6, 6.07) is 0. The minimum atomic E-state index is -0.229. The molecule has 14 heavy (non-hydrogen) atoms. The summed E-state index contributed by atoms with van der Waals surface area (Å²) in [6.07, 6.45) is 0.0300. The van der Waals surface area contributed by atoms with Crippen LogP contribution in [0.25, 0.3) is 0 Å². The second-order valence-electron chi connectivity index (χ2n) is 3.54. The van der Waals surface area contributed by atoms with Crippen molar-refractivity contribution in [2.45, 2.75) is 13.0 Å². The van der Waals surface area contributed by atoms with Crippen LogP contribution in [0.3, 0.4) is 0 Å². The van der Waals surface area contributed by atoms with Crippen LogP contribution in [0.2, 0.25) is 0 Å². The van der Waals surface area contributed by atoms with Crippen molar-refractivity contribution in [3.8, 4) is 0 Å². The molecule has 0 saturated heterocycles. The van der Waals surface area contributed by atoms with Crippen molar-refractivity contribution in [1.82, 2.24) is 0 Å². The third kappa shape index (κ3) is 3.53. The summed E-state index contributed by atoms with van der Waals surface area (Å²) >= 11 is 0. The molecule has 1 atom stereocenters. The molecular weight excluding hydrogens is 184 g/mol. The molecule has 0 rings (SSSR count). The summed E-state index contributed by atoms with van der Waals surface area (Å²) in [4.78, 5) is 0. The van der Waals surface area contributed by atoms with Crippen molar-refractivity contribution in [3.05, 3.63) is 0 Å². The zero-order chi connectivity index (χ0) is 11.0. The van der Waals surface area contributed by atoms with Crippen molar-refractivity contribution < 1.29 is 18.9 Å². The lowest BCUT2D eigenvalue weighted by molar-refractivity contribution is -0.114. The molecule has 0 fully saturated rings. The van der Waals surface area contributed by atoms with Crippen LogP contribution in [-0.2, 0) is 18.9 Å². The lowest BCUT2D eigenvalue weighted by Crippen LogP contribution is -2.46.